The van der Waals surface area contributed by atoms with E-state index in [0.717, 1.165) is 0 Å². The van der Waals surface area contributed by atoms with Crippen LogP contribution in [-0.4, -0.2) is 19.1 Å². The average molecular weight is 301 g/mol. The first-order valence-electron chi connectivity index (χ1n) is 5.23. The lowest BCUT2D eigenvalue weighted by Crippen LogP contribution is -2.31. The van der Waals surface area contributed by atoms with Gasteiger partial charge in [0.1, 0.15) is 5.82 Å². The predicted octanol–water partition coefficient (Wildman–Crippen LogP) is 0.899. The van der Waals surface area contributed by atoms with E-state index in [4.69, 9.17) is 0 Å². The maximum Gasteiger partial charge on any atom is 0.330 e. The zero-order valence-corrected chi connectivity index (χ0v) is 11.4. The fraction of sp³-hybridized carbons (Fsp3) is 0.500. The molecule has 0 atom stereocenters. The third-order valence-corrected chi connectivity index (χ3v) is 3.19. The van der Waals surface area contributed by atoms with E-state index in [1.807, 2.05) is 13.8 Å². The molecule has 92 valence electrons. The van der Waals surface area contributed by atoms with Gasteiger partial charge in [-0.2, -0.15) is 0 Å². The van der Waals surface area contributed by atoms with Crippen molar-refractivity contribution in [1.29, 1.82) is 0 Å². The number of nitrogens with one attached hydrogen (secondary N) is 1. The van der Waals surface area contributed by atoms with Crippen molar-refractivity contribution in [2.24, 2.45) is 7.05 Å². The van der Waals surface area contributed by atoms with Crippen molar-refractivity contribution in [1.82, 2.24) is 19.1 Å². The van der Waals surface area contributed by atoms with Crippen LogP contribution in [0.5, 0.6) is 0 Å². The van der Waals surface area contributed by atoms with E-state index in [9.17, 15) is 9.59 Å². The van der Waals surface area contributed by atoms with Crippen molar-refractivity contribution in [3.8, 4) is 0 Å². The molecule has 0 fully saturated rings. The van der Waals surface area contributed by atoms with Crippen molar-refractivity contribution in [2.45, 2.75) is 25.2 Å². The summed E-state index contributed by atoms with van der Waals surface area (Å²) < 4.78 is 3.18. The molecule has 2 heterocycles. The van der Waals surface area contributed by atoms with Crippen LogP contribution in [0.25, 0.3) is 11.2 Å². The van der Waals surface area contributed by atoms with Crippen LogP contribution in [-0.2, 0) is 12.4 Å². The Labute approximate surface area is 105 Å². The molecule has 6 nitrogen and oxygen atoms in total. The molecule has 0 spiro atoms. The zero-order valence-electron chi connectivity index (χ0n) is 9.82. The van der Waals surface area contributed by atoms with Gasteiger partial charge in [0, 0.05) is 13.1 Å². The number of fused-ring (bicyclic) bond motifs is 1. The second-order valence-electron chi connectivity index (χ2n) is 4.12. The quantitative estimate of drug-likeness (QED) is 0.838. The molecule has 7 heteroatoms. The summed E-state index contributed by atoms with van der Waals surface area (Å²) in [6.45, 7) is 3.75. The molecule has 0 aromatic carbocycles. The van der Waals surface area contributed by atoms with Gasteiger partial charge in [0.2, 0.25) is 0 Å². The summed E-state index contributed by atoms with van der Waals surface area (Å²) in [5, 5.41) is 0.532. The van der Waals surface area contributed by atoms with Gasteiger partial charge in [0.25, 0.3) is 5.56 Å². The molecule has 0 aliphatic carbocycles. The third-order valence-electron chi connectivity index (χ3n) is 2.69. The Bertz CT molecular complexity index is 680. The molecule has 1 N–H and O–H groups in total. The molecule has 0 saturated heterocycles. The highest BCUT2D eigenvalue weighted by atomic mass is 79.9. The Morgan fingerprint density at radius 1 is 1.41 bits per heavy atom. The van der Waals surface area contributed by atoms with Gasteiger partial charge in [-0.3, -0.25) is 14.3 Å². The van der Waals surface area contributed by atoms with E-state index in [0.29, 0.717) is 22.3 Å². The Morgan fingerprint density at radius 3 is 2.59 bits per heavy atom. The summed E-state index contributed by atoms with van der Waals surface area (Å²) in [4.78, 5) is 30.2. The number of halogens is 1. The normalized spacial score (nSPS) is 11.6. The van der Waals surface area contributed by atoms with Crippen molar-refractivity contribution in [3.05, 3.63) is 26.7 Å². The van der Waals surface area contributed by atoms with E-state index in [1.165, 1.54) is 4.57 Å². The SMILES string of the molecule is CC(C)n1c(=O)[nH]c(=O)c2c1nc(CBr)n2C. The lowest BCUT2D eigenvalue weighted by Gasteiger charge is -2.09. The molecule has 0 saturated carbocycles. The number of hydrogen-bond donors (Lipinski definition) is 1. The van der Waals surface area contributed by atoms with Crippen LogP contribution in [0.15, 0.2) is 9.59 Å². The maximum absolute atomic E-state index is 11.8. The summed E-state index contributed by atoms with van der Waals surface area (Å²) >= 11 is 3.31. The zero-order chi connectivity index (χ0) is 12.7. The molecule has 2 rings (SSSR count). The van der Waals surface area contributed by atoms with Crippen molar-refractivity contribution in [3.63, 3.8) is 0 Å². The van der Waals surface area contributed by atoms with E-state index in [2.05, 4.69) is 25.9 Å². The molecular weight excluding hydrogens is 288 g/mol. The van der Waals surface area contributed by atoms with Crippen LogP contribution in [0.2, 0.25) is 0 Å². The monoisotopic (exact) mass is 300 g/mol. The number of imidazole rings is 1. The molecule has 2 aromatic rings. The predicted molar refractivity (Wildman–Crippen MR) is 68.6 cm³/mol. The Hall–Kier alpha value is -1.37. The molecule has 0 aliphatic heterocycles. The Morgan fingerprint density at radius 2 is 2.06 bits per heavy atom. The van der Waals surface area contributed by atoms with Gasteiger partial charge in [-0.1, -0.05) is 15.9 Å². The lowest BCUT2D eigenvalue weighted by atomic mass is 10.4. The van der Waals surface area contributed by atoms with Crippen molar-refractivity contribution in [2.75, 3.05) is 0 Å². The topological polar surface area (TPSA) is 72.7 Å². The van der Waals surface area contributed by atoms with Gasteiger partial charge in [-0.25, -0.2) is 9.78 Å². The minimum Gasteiger partial charge on any atom is -0.325 e. The highest BCUT2D eigenvalue weighted by Crippen LogP contribution is 2.14. The number of nitrogens with zero attached hydrogens (tertiary/aromatic N) is 3. The van der Waals surface area contributed by atoms with E-state index in [1.54, 1.807) is 11.6 Å². The van der Waals surface area contributed by atoms with Crippen molar-refractivity contribution >= 4 is 27.1 Å². The number of H-pyrrole nitrogens is 1. The van der Waals surface area contributed by atoms with Crippen molar-refractivity contribution < 1.29 is 0 Å². The summed E-state index contributed by atoms with van der Waals surface area (Å²) in [5.74, 6) is 0.713. The first-order valence-corrected chi connectivity index (χ1v) is 6.35. The Kier molecular flexibility index (Phi) is 2.94. The molecule has 0 aliphatic rings. The third kappa shape index (κ3) is 1.74. The van der Waals surface area contributed by atoms with E-state index < -0.39 is 11.2 Å². The van der Waals surface area contributed by atoms with Gasteiger partial charge >= 0.3 is 5.69 Å². The second kappa shape index (κ2) is 4.14. The number of alkyl halides is 1. The van der Waals surface area contributed by atoms with Gasteiger partial charge < -0.3 is 4.57 Å². The molecule has 2 aromatic heterocycles. The van der Waals surface area contributed by atoms with Crippen LogP contribution in [0.4, 0.5) is 0 Å². The van der Waals surface area contributed by atoms with Crippen LogP contribution < -0.4 is 11.2 Å². The molecule has 0 unspecified atom stereocenters. The number of aromatic nitrogens is 4. The first-order chi connectivity index (χ1) is 7.97. The fourth-order valence-corrected chi connectivity index (χ4v) is 2.36. The smallest absolute Gasteiger partial charge is 0.325 e. The largest absolute Gasteiger partial charge is 0.330 e. The summed E-state index contributed by atoms with van der Waals surface area (Å²) in [5.41, 5.74) is 0.0410. The van der Waals surface area contributed by atoms with E-state index >= 15 is 0 Å². The van der Waals surface area contributed by atoms with Gasteiger partial charge in [0.15, 0.2) is 11.2 Å². The summed E-state index contributed by atoms with van der Waals surface area (Å²) in [6.07, 6.45) is 0. The number of aromatic amines is 1. The van der Waals surface area contributed by atoms with Crippen LogP contribution in [0, 0.1) is 0 Å². The van der Waals surface area contributed by atoms with Gasteiger partial charge in [0.05, 0.1) is 5.33 Å². The fourth-order valence-electron chi connectivity index (χ4n) is 1.86. The first kappa shape index (κ1) is 12.1. The molecular formula is C10H13BrN4O2. The average Bonchev–Trinajstić information content (AvgIpc) is 2.55. The van der Waals surface area contributed by atoms with Gasteiger partial charge in [-0.15, -0.1) is 0 Å². The minimum absolute atomic E-state index is 0.0556. The highest BCUT2D eigenvalue weighted by molar-refractivity contribution is 9.08. The summed E-state index contributed by atoms with van der Waals surface area (Å²) in [7, 11) is 1.76. The molecule has 17 heavy (non-hydrogen) atoms. The van der Waals surface area contributed by atoms with Gasteiger partial charge in [-0.05, 0) is 13.8 Å². The molecule has 0 radical (unpaired) electrons. The van der Waals surface area contributed by atoms with E-state index in [-0.39, 0.29) is 6.04 Å². The minimum atomic E-state index is -0.420. The summed E-state index contributed by atoms with van der Waals surface area (Å²) in [6, 6.07) is -0.0556. The molecule has 0 amide bonds. The number of rotatable bonds is 2. The Balaban J connectivity index is 3.02. The maximum atomic E-state index is 11.8. The van der Waals surface area contributed by atoms with Crippen LogP contribution >= 0.6 is 15.9 Å². The number of aryl methyl sites for hydroxylation is 1. The highest BCUT2D eigenvalue weighted by Gasteiger charge is 2.16. The van der Waals surface area contributed by atoms with Crippen LogP contribution in [0.1, 0.15) is 25.7 Å². The second-order valence-corrected chi connectivity index (χ2v) is 4.68. The molecule has 0 bridgehead atoms. The van der Waals surface area contributed by atoms with Crippen LogP contribution in [0.3, 0.4) is 0 Å². The lowest BCUT2D eigenvalue weighted by molar-refractivity contribution is 0.580. The number of hydrogen-bond acceptors (Lipinski definition) is 3. The standard InChI is InChI=1S/C10H13BrN4O2/c1-5(2)15-8-7(9(16)13-10(15)17)14(3)6(4-11)12-8/h5H,4H2,1-3H3,(H,13,16,17).